The van der Waals surface area contributed by atoms with Crippen molar-refractivity contribution in [3.8, 4) is 17.2 Å². The van der Waals surface area contributed by atoms with E-state index in [2.05, 4.69) is 6.58 Å². The maximum atomic E-state index is 12.5. The van der Waals surface area contributed by atoms with E-state index in [-0.39, 0.29) is 13.2 Å². The highest BCUT2D eigenvalue weighted by Gasteiger charge is 2.26. The summed E-state index contributed by atoms with van der Waals surface area (Å²) in [5, 5.41) is 0. The molecule has 6 heteroatoms. The van der Waals surface area contributed by atoms with E-state index in [1.54, 1.807) is 43.3 Å². The van der Waals surface area contributed by atoms with Gasteiger partial charge in [0.2, 0.25) is 0 Å². The average molecular weight is 507 g/mol. The summed E-state index contributed by atoms with van der Waals surface area (Å²) in [6, 6.07) is 13.8. The lowest BCUT2D eigenvalue weighted by molar-refractivity contribution is -0.139. The minimum Gasteiger partial charge on any atom is -0.493 e. The Labute approximate surface area is 219 Å². The highest BCUT2D eigenvalue weighted by Crippen LogP contribution is 2.39. The Morgan fingerprint density at radius 1 is 0.757 bits per heavy atom. The van der Waals surface area contributed by atoms with Crippen molar-refractivity contribution in [2.75, 3.05) is 19.8 Å². The number of hydrogen-bond acceptors (Lipinski definition) is 6. The predicted octanol–water partition coefficient (Wildman–Crippen LogP) is 6.78. The minimum atomic E-state index is -0.450. The molecule has 2 aromatic carbocycles. The molecule has 0 N–H and O–H groups in total. The molecule has 198 valence electrons. The molecular formula is C31H38O6. The molecule has 0 aliphatic heterocycles. The molecule has 0 radical (unpaired) electrons. The minimum absolute atomic E-state index is 0.122. The van der Waals surface area contributed by atoms with E-state index in [0.717, 1.165) is 24.2 Å². The van der Waals surface area contributed by atoms with Crippen LogP contribution >= 0.6 is 0 Å². The fourth-order valence-corrected chi connectivity index (χ4v) is 4.92. The van der Waals surface area contributed by atoms with Crippen LogP contribution in [0.25, 0.3) is 0 Å². The van der Waals surface area contributed by atoms with Crippen LogP contribution in [0.3, 0.4) is 0 Å². The van der Waals surface area contributed by atoms with Gasteiger partial charge >= 0.3 is 11.9 Å². The highest BCUT2D eigenvalue weighted by molar-refractivity contribution is 5.91. The summed E-state index contributed by atoms with van der Waals surface area (Å²) in [6.07, 6.45) is 11.0. The molecule has 2 aromatic rings. The van der Waals surface area contributed by atoms with Crippen molar-refractivity contribution in [3.05, 3.63) is 66.2 Å². The lowest BCUT2D eigenvalue weighted by Crippen LogP contribution is -2.23. The molecule has 0 heterocycles. The van der Waals surface area contributed by atoms with E-state index in [4.69, 9.17) is 18.9 Å². The SMILES string of the molecule is C=C(C)C(=O)OCCOc1ccc(C(=O)Oc2ccc(OCC3CCC(CC4CCC4)CC3)cc2)cc1. The first-order valence-electron chi connectivity index (χ1n) is 13.5. The van der Waals surface area contributed by atoms with Crippen LogP contribution in [0.15, 0.2) is 60.7 Å². The largest absolute Gasteiger partial charge is 0.493 e. The van der Waals surface area contributed by atoms with Gasteiger partial charge in [-0.3, -0.25) is 0 Å². The quantitative estimate of drug-likeness (QED) is 0.137. The number of rotatable bonds is 12. The van der Waals surface area contributed by atoms with Crippen molar-refractivity contribution in [2.24, 2.45) is 17.8 Å². The van der Waals surface area contributed by atoms with Gasteiger partial charge in [0.1, 0.15) is 30.5 Å². The first-order chi connectivity index (χ1) is 18.0. The second-order valence-electron chi connectivity index (χ2n) is 10.4. The van der Waals surface area contributed by atoms with E-state index in [9.17, 15) is 9.59 Å². The standard InChI is InChI=1S/C31H38O6/c1-22(2)30(32)35-19-18-34-27-12-10-26(11-13-27)31(33)37-29-16-14-28(15-17-29)36-21-25-8-6-24(7-9-25)20-23-4-3-5-23/h10-17,23-25H,1,3-9,18-21H2,2H3. The van der Waals surface area contributed by atoms with E-state index < -0.39 is 11.9 Å². The number of hydrogen-bond donors (Lipinski definition) is 0. The van der Waals surface area contributed by atoms with Gasteiger partial charge in [0.25, 0.3) is 0 Å². The summed E-state index contributed by atoms with van der Waals surface area (Å²) in [7, 11) is 0. The van der Waals surface area contributed by atoms with Gasteiger partial charge in [0, 0.05) is 5.57 Å². The van der Waals surface area contributed by atoms with Gasteiger partial charge in [0.05, 0.1) is 12.2 Å². The fraction of sp³-hybridized carbons (Fsp3) is 0.484. The molecule has 2 aliphatic rings. The van der Waals surface area contributed by atoms with Crippen LogP contribution in [0.1, 0.15) is 68.6 Å². The second kappa shape index (κ2) is 13.3. The first-order valence-corrected chi connectivity index (χ1v) is 13.5. The maximum absolute atomic E-state index is 12.5. The fourth-order valence-electron chi connectivity index (χ4n) is 4.92. The van der Waals surface area contributed by atoms with Gasteiger partial charge in [-0.2, -0.15) is 0 Å². The normalized spacial score (nSPS) is 19.4. The molecule has 2 saturated carbocycles. The monoisotopic (exact) mass is 506 g/mol. The zero-order chi connectivity index (χ0) is 26.0. The molecule has 4 rings (SSSR count). The molecular weight excluding hydrogens is 468 g/mol. The van der Waals surface area contributed by atoms with E-state index in [1.807, 2.05) is 12.1 Å². The summed E-state index contributed by atoms with van der Waals surface area (Å²) in [6.45, 7) is 6.19. The number of carbonyl (C=O) groups excluding carboxylic acids is 2. The molecule has 0 amide bonds. The molecule has 6 nitrogen and oxygen atoms in total. The van der Waals surface area contributed by atoms with Crippen molar-refractivity contribution >= 4 is 11.9 Å². The Kier molecular flexibility index (Phi) is 9.64. The molecule has 0 spiro atoms. The zero-order valence-corrected chi connectivity index (χ0v) is 21.8. The number of carbonyl (C=O) groups is 2. The van der Waals surface area contributed by atoms with E-state index in [1.165, 1.54) is 51.4 Å². The van der Waals surface area contributed by atoms with Crippen LogP contribution in [-0.4, -0.2) is 31.8 Å². The number of ether oxygens (including phenoxy) is 4. The number of esters is 2. The third-order valence-corrected chi connectivity index (χ3v) is 7.40. The molecule has 2 aliphatic carbocycles. The Balaban J connectivity index is 1.14. The molecule has 37 heavy (non-hydrogen) atoms. The molecule has 0 bridgehead atoms. The lowest BCUT2D eigenvalue weighted by atomic mass is 9.73. The van der Waals surface area contributed by atoms with Crippen LogP contribution in [0.5, 0.6) is 17.2 Å². The van der Waals surface area contributed by atoms with Gasteiger partial charge in [-0.25, -0.2) is 9.59 Å². The average Bonchev–Trinajstić information content (AvgIpc) is 2.89. The molecule has 2 fully saturated rings. The summed E-state index contributed by atoms with van der Waals surface area (Å²) in [5.41, 5.74) is 0.756. The van der Waals surface area contributed by atoms with Gasteiger partial charge in [-0.15, -0.1) is 0 Å². The number of benzene rings is 2. The van der Waals surface area contributed by atoms with Crippen molar-refractivity contribution in [3.63, 3.8) is 0 Å². The Hall–Kier alpha value is -3.28. The first kappa shape index (κ1) is 26.8. The van der Waals surface area contributed by atoms with Gasteiger partial charge in [-0.05, 0) is 92.5 Å². The van der Waals surface area contributed by atoms with Crippen LogP contribution < -0.4 is 14.2 Å². The third-order valence-electron chi connectivity index (χ3n) is 7.40. The Morgan fingerprint density at radius 3 is 1.95 bits per heavy atom. The van der Waals surface area contributed by atoms with Gasteiger partial charge < -0.3 is 18.9 Å². The Morgan fingerprint density at radius 2 is 1.32 bits per heavy atom. The Bertz CT molecular complexity index is 1030. The summed E-state index contributed by atoms with van der Waals surface area (Å²) in [4.78, 5) is 23.8. The summed E-state index contributed by atoms with van der Waals surface area (Å²) in [5.74, 6) is 3.50. The highest BCUT2D eigenvalue weighted by atomic mass is 16.6. The lowest BCUT2D eigenvalue weighted by Gasteiger charge is -2.34. The molecule has 0 unspecified atom stereocenters. The molecule has 0 saturated heterocycles. The zero-order valence-electron chi connectivity index (χ0n) is 21.8. The smallest absolute Gasteiger partial charge is 0.343 e. The van der Waals surface area contributed by atoms with Gasteiger partial charge in [0.15, 0.2) is 0 Å². The van der Waals surface area contributed by atoms with Crippen LogP contribution in [0.4, 0.5) is 0 Å². The van der Waals surface area contributed by atoms with Crippen molar-refractivity contribution in [1.82, 2.24) is 0 Å². The van der Waals surface area contributed by atoms with Crippen molar-refractivity contribution < 1.29 is 28.5 Å². The summed E-state index contributed by atoms with van der Waals surface area (Å²) >= 11 is 0. The topological polar surface area (TPSA) is 71.1 Å². The predicted molar refractivity (Wildman–Crippen MR) is 142 cm³/mol. The van der Waals surface area contributed by atoms with E-state index >= 15 is 0 Å². The van der Waals surface area contributed by atoms with Crippen LogP contribution in [0.2, 0.25) is 0 Å². The van der Waals surface area contributed by atoms with Crippen molar-refractivity contribution in [2.45, 2.75) is 58.3 Å². The van der Waals surface area contributed by atoms with E-state index in [0.29, 0.717) is 28.6 Å². The third kappa shape index (κ3) is 8.38. The summed E-state index contributed by atoms with van der Waals surface area (Å²) < 4.78 is 22.0. The van der Waals surface area contributed by atoms with Crippen LogP contribution in [0, 0.1) is 17.8 Å². The van der Waals surface area contributed by atoms with Crippen molar-refractivity contribution in [1.29, 1.82) is 0 Å². The molecule has 0 atom stereocenters. The van der Waals surface area contributed by atoms with Gasteiger partial charge in [-0.1, -0.05) is 38.7 Å². The van der Waals surface area contributed by atoms with Crippen LogP contribution in [-0.2, 0) is 9.53 Å². The molecule has 0 aromatic heterocycles. The second-order valence-corrected chi connectivity index (χ2v) is 10.4. The maximum Gasteiger partial charge on any atom is 0.343 e.